The van der Waals surface area contributed by atoms with Gasteiger partial charge in [-0.05, 0) is 38.6 Å². The van der Waals surface area contributed by atoms with E-state index in [0.717, 1.165) is 19.6 Å². The fourth-order valence-electron chi connectivity index (χ4n) is 1.55. The van der Waals surface area contributed by atoms with Crippen molar-refractivity contribution in [3.63, 3.8) is 0 Å². The smallest absolute Gasteiger partial charge is 0.0475 e. The molecule has 0 aromatic heterocycles. The fraction of sp³-hybridized carbons (Fsp3) is 0.500. The van der Waals surface area contributed by atoms with Crippen LogP contribution in [-0.4, -0.2) is 32.2 Å². The van der Waals surface area contributed by atoms with Crippen LogP contribution in [0.15, 0.2) is 24.3 Å². The van der Waals surface area contributed by atoms with Crippen LogP contribution in [0.2, 0.25) is 0 Å². The summed E-state index contributed by atoms with van der Waals surface area (Å²) >= 11 is 0. The maximum Gasteiger partial charge on any atom is 0.0475 e. The number of aryl methyl sites for hydroxylation is 1. The van der Waals surface area contributed by atoms with Crippen LogP contribution < -0.4 is 5.32 Å². The maximum atomic E-state index is 3.14. The van der Waals surface area contributed by atoms with Gasteiger partial charge in [0, 0.05) is 13.2 Å². The van der Waals surface area contributed by atoms with E-state index in [1.807, 2.05) is 7.05 Å². The molecule has 0 saturated carbocycles. The monoisotopic (exact) mass is 192 g/mol. The lowest BCUT2D eigenvalue weighted by molar-refractivity contribution is 0.321. The van der Waals surface area contributed by atoms with Gasteiger partial charge in [-0.15, -0.1) is 0 Å². The van der Waals surface area contributed by atoms with E-state index in [0.29, 0.717) is 0 Å². The van der Waals surface area contributed by atoms with E-state index in [9.17, 15) is 0 Å². The molecule has 0 bridgehead atoms. The lowest BCUT2D eigenvalue weighted by Crippen LogP contribution is -2.30. The molecule has 78 valence electrons. The zero-order valence-corrected chi connectivity index (χ0v) is 9.38. The second-order valence-corrected chi connectivity index (χ2v) is 3.77. The molecule has 0 heterocycles. The molecule has 1 aromatic rings. The number of nitrogens with one attached hydrogen (secondary N) is 1. The van der Waals surface area contributed by atoms with Crippen LogP contribution >= 0.6 is 0 Å². The average molecular weight is 192 g/mol. The van der Waals surface area contributed by atoms with Gasteiger partial charge in [-0.3, -0.25) is 4.90 Å². The zero-order valence-electron chi connectivity index (χ0n) is 9.38. The molecular weight excluding hydrogens is 172 g/mol. The second kappa shape index (κ2) is 5.78. The SMILES string of the molecule is CNCN(C)CCc1ccccc1C. The molecule has 0 aliphatic rings. The van der Waals surface area contributed by atoms with Crippen LogP contribution in [0.25, 0.3) is 0 Å². The van der Waals surface area contributed by atoms with Gasteiger partial charge in [0.25, 0.3) is 0 Å². The van der Waals surface area contributed by atoms with Crippen molar-refractivity contribution in [3.8, 4) is 0 Å². The Kier molecular flexibility index (Phi) is 4.63. The number of likely N-dealkylation sites (N-methyl/N-ethyl adjacent to an activating group) is 1. The molecule has 0 unspecified atom stereocenters. The third-order valence-electron chi connectivity index (χ3n) is 2.45. The Morgan fingerprint density at radius 3 is 2.64 bits per heavy atom. The second-order valence-electron chi connectivity index (χ2n) is 3.77. The molecule has 1 N–H and O–H groups in total. The van der Waals surface area contributed by atoms with Crippen molar-refractivity contribution < 1.29 is 0 Å². The van der Waals surface area contributed by atoms with E-state index in [1.54, 1.807) is 0 Å². The lowest BCUT2D eigenvalue weighted by Gasteiger charge is -2.16. The normalized spacial score (nSPS) is 10.9. The van der Waals surface area contributed by atoms with Crippen molar-refractivity contribution in [2.45, 2.75) is 13.3 Å². The highest BCUT2D eigenvalue weighted by atomic mass is 15.2. The number of hydrogen-bond donors (Lipinski definition) is 1. The molecule has 0 aliphatic heterocycles. The van der Waals surface area contributed by atoms with Crippen molar-refractivity contribution in [1.29, 1.82) is 0 Å². The number of hydrogen-bond acceptors (Lipinski definition) is 2. The summed E-state index contributed by atoms with van der Waals surface area (Å²) in [6.45, 7) is 4.23. The van der Waals surface area contributed by atoms with Gasteiger partial charge in [0.05, 0.1) is 0 Å². The topological polar surface area (TPSA) is 15.3 Å². The third-order valence-corrected chi connectivity index (χ3v) is 2.45. The van der Waals surface area contributed by atoms with Gasteiger partial charge in [-0.2, -0.15) is 0 Å². The molecule has 14 heavy (non-hydrogen) atoms. The van der Waals surface area contributed by atoms with Gasteiger partial charge in [-0.1, -0.05) is 24.3 Å². The van der Waals surface area contributed by atoms with Gasteiger partial charge in [0.15, 0.2) is 0 Å². The zero-order chi connectivity index (χ0) is 10.4. The highest BCUT2D eigenvalue weighted by Crippen LogP contribution is 2.07. The van der Waals surface area contributed by atoms with E-state index in [1.165, 1.54) is 11.1 Å². The van der Waals surface area contributed by atoms with Crippen molar-refractivity contribution in [1.82, 2.24) is 10.2 Å². The Labute approximate surface area is 86.9 Å². The van der Waals surface area contributed by atoms with Gasteiger partial charge in [0.1, 0.15) is 0 Å². The largest absolute Gasteiger partial charge is 0.307 e. The molecule has 1 rings (SSSR count). The van der Waals surface area contributed by atoms with Crippen LogP contribution in [0, 0.1) is 6.92 Å². The van der Waals surface area contributed by atoms with Gasteiger partial charge in [-0.25, -0.2) is 0 Å². The first kappa shape index (κ1) is 11.2. The molecule has 1 aromatic carbocycles. The summed E-state index contributed by atoms with van der Waals surface area (Å²) in [5, 5.41) is 3.14. The summed E-state index contributed by atoms with van der Waals surface area (Å²) in [7, 11) is 4.11. The minimum absolute atomic E-state index is 0.950. The molecule has 0 aliphatic carbocycles. The fourth-order valence-corrected chi connectivity index (χ4v) is 1.55. The Bertz CT molecular complexity index is 271. The van der Waals surface area contributed by atoms with E-state index >= 15 is 0 Å². The van der Waals surface area contributed by atoms with E-state index < -0.39 is 0 Å². The number of nitrogens with zero attached hydrogens (tertiary/aromatic N) is 1. The summed E-state index contributed by atoms with van der Waals surface area (Å²) in [5.74, 6) is 0. The first-order valence-corrected chi connectivity index (χ1v) is 5.11. The molecule has 0 spiro atoms. The lowest BCUT2D eigenvalue weighted by atomic mass is 10.1. The van der Waals surface area contributed by atoms with E-state index in [-0.39, 0.29) is 0 Å². The summed E-state index contributed by atoms with van der Waals surface area (Å²) < 4.78 is 0. The molecule has 2 heteroatoms. The predicted molar refractivity (Wildman–Crippen MR) is 61.4 cm³/mol. The minimum atomic E-state index is 0.950. The highest BCUT2D eigenvalue weighted by molar-refractivity contribution is 5.25. The Morgan fingerprint density at radius 2 is 2.00 bits per heavy atom. The van der Waals surface area contributed by atoms with Crippen LogP contribution in [-0.2, 0) is 6.42 Å². The van der Waals surface area contributed by atoms with E-state index in [2.05, 4.69) is 48.5 Å². The summed E-state index contributed by atoms with van der Waals surface area (Å²) in [5.41, 5.74) is 2.85. The Hall–Kier alpha value is -0.860. The first-order chi connectivity index (χ1) is 6.74. The standard InChI is InChI=1S/C12H20N2/c1-11-6-4-5-7-12(11)8-9-14(3)10-13-2/h4-7,13H,8-10H2,1-3H3. The number of rotatable bonds is 5. The molecule has 0 fully saturated rings. The van der Waals surface area contributed by atoms with Gasteiger partial charge < -0.3 is 5.32 Å². The van der Waals surface area contributed by atoms with Gasteiger partial charge >= 0.3 is 0 Å². The quantitative estimate of drug-likeness (QED) is 0.714. The minimum Gasteiger partial charge on any atom is -0.307 e. The first-order valence-electron chi connectivity index (χ1n) is 5.11. The Morgan fingerprint density at radius 1 is 1.29 bits per heavy atom. The highest BCUT2D eigenvalue weighted by Gasteiger charge is 1.99. The van der Waals surface area contributed by atoms with Crippen LogP contribution in [0.3, 0.4) is 0 Å². The predicted octanol–water partition coefficient (Wildman–Crippen LogP) is 1.65. The van der Waals surface area contributed by atoms with Crippen LogP contribution in [0.4, 0.5) is 0 Å². The third kappa shape index (κ3) is 3.48. The number of benzene rings is 1. The van der Waals surface area contributed by atoms with Crippen molar-refractivity contribution in [2.75, 3.05) is 27.3 Å². The molecule has 0 radical (unpaired) electrons. The van der Waals surface area contributed by atoms with Crippen molar-refractivity contribution in [2.24, 2.45) is 0 Å². The molecule has 0 saturated heterocycles. The summed E-state index contributed by atoms with van der Waals surface area (Å²) in [4.78, 5) is 2.28. The summed E-state index contributed by atoms with van der Waals surface area (Å²) in [6.07, 6.45) is 1.13. The molecule has 2 nitrogen and oxygen atoms in total. The Balaban J connectivity index is 2.41. The summed E-state index contributed by atoms with van der Waals surface area (Å²) in [6, 6.07) is 8.59. The van der Waals surface area contributed by atoms with Gasteiger partial charge in [0.2, 0.25) is 0 Å². The molecule has 0 amide bonds. The molecular formula is C12H20N2. The van der Waals surface area contributed by atoms with Crippen LogP contribution in [0.5, 0.6) is 0 Å². The van der Waals surface area contributed by atoms with E-state index in [4.69, 9.17) is 0 Å². The average Bonchev–Trinajstić information content (AvgIpc) is 2.17. The van der Waals surface area contributed by atoms with Crippen LogP contribution in [0.1, 0.15) is 11.1 Å². The molecule has 0 atom stereocenters. The maximum absolute atomic E-state index is 3.14. The van der Waals surface area contributed by atoms with Crippen molar-refractivity contribution >= 4 is 0 Å². The van der Waals surface area contributed by atoms with Crippen molar-refractivity contribution in [3.05, 3.63) is 35.4 Å².